The minimum atomic E-state index is -0.544. The Morgan fingerprint density at radius 1 is 1.00 bits per heavy atom. The quantitative estimate of drug-likeness (QED) is 0.722. The predicted octanol–water partition coefficient (Wildman–Crippen LogP) is 4.13. The van der Waals surface area contributed by atoms with Gasteiger partial charge in [-0.25, -0.2) is 4.79 Å². The minimum Gasteiger partial charge on any atom is -0.480 e. The van der Waals surface area contributed by atoms with Gasteiger partial charge < -0.3 is 9.52 Å². The van der Waals surface area contributed by atoms with Gasteiger partial charge in [0.25, 0.3) is 5.95 Å². The van der Waals surface area contributed by atoms with Gasteiger partial charge in [-0.3, -0.25) is 4.99 Å². The lowest BCUT2D eigenvalue weighted by Crippen LogP contribution is -2.03. The van der Waals surface area contributed by atoms with Crippen LogP contribution in [0.15, 0.2) is 56.7 Å². The Bertz CT molecular complexity index is 1000. The molecular weight excluding hydrogens is 302 g/mol. The van der Waals surface area contributed by atoms with Gasteiger partial charge in [-0.2, -0.15) is 0 Å². The monoisotopic (exact) mass is 319 g/mol. The minimum absolute atomic E-state index is 0.396. The summed E-state index contributed by atoms with van der Waals surface area (Å²) in [6, 6.07) is 13.2. The molecule has 0 saturated carbocycles. The van der Waals surface area contributed by atoms with Crippen LogP contribution in [0.3, 0.4) is 0 Å². The second-order valence-corrected chi connectivity index (χ2v) is 6.03. The van der Waals surface area contributed by atoms with Crippen LogP contribution in [0.5, 0.6) is 5.95 Å². The highest BCUT2D eigenvalue weighted by Gasteiger charge is 2.14. The van der Waals surface area contributed by atoms with Crippen molar-refractivity contribution < 1.29 is 9.52 Å². The van der Waals surface area contributed by atoms with Crippen molar-refractivity contribution in [1.82, 2.24) is 0 Å². The Kier molecular flexibility index (Phi) is 3.65. The normalized spacial score (nSPS) is 14.2. The molecule has 1 aromatic heterocycles. The van der Waals surface area contributed by atoms with Crippen LogP contribution in [-0.4, -0.2) is 11.3 Å². The lowest BCUT2D eigenvalue weighted by Gasteiger charge is -2.17. The second-order valence-electron chi connectivity index (χ2n) is 6.03. The van der Waals surface area contributed by atoms with Gasteiger partial charge in [-0.1, -0.05) is 30.3 Å². The molecule has 0 amide bonds. The molecular formula is C20H17NO3. The van der Waals surface area contributed by atoms with Crippen molar-refractivity contribution in [3.63, 3.8) is 0 Å². The molecule has 24 heavy (non-hydrogen) atoms. The fourth-order valence-electron chi connectivity index (χ4n) is 3.35. The van der Waals surface area contributed by atoms with E-state index in [0.717, 1.165) is 18.5 Å². The number of hydrogen-bond donors (Lipinski definition) is 1. The maximum absolute atomic E-state index is 11.8. The molecule has 1 heterocycles. The third kappa shape index (κ3) is 2.50. The van der Waals surface area contributed by atoms with Crippen molar-refractivity contribution in [1.29, 1.82) is 0 Å². The standard InChI is InChI=1S/C20H17NO3/c22-19-16-10-4-3-9-15(16)17(20(23)24-19)12-21-18-11-5-7-13-6-1-2-8-14(13)18/h3-5,7,9-12,23H,1-2,6,8H2. The summed E-state index contributed by atoms with van der Waals surface area (Å²) in [6.07, 6.45) is 6.10. The predicted molar refractivity (Wildman–Crippen MR) is 94.5 cm³/mol. The van der Waals surface area contributed by atoms with Crippen molar-refractivity contribution >= 4 is 22.7 Å². The molecule has 1 aliphatic carbocycles. The Balaban J connectivity index is 1.83. The van der Waals surface area contributed by atoms with Crippen molar-refractivity contribution in [3.8, 4) is 5.95 Å². The number of benzene rings is 2. The molecule has 4 rings (SSSR count). The van der Waals surface area contributed by atoms with E-state index in [1.807, 2.05) is 18.2 Å². The number of rotatable bonds is 2. The molecule has 1 aliphatic rings. The molecule has 1 N–H and O–H groups in total. The first-order chi connectivity index (χ1) is 11.7. The highest BCUT2D eigenvalue weighted by atomic mass is 16.5. The first-order valence-corrected chi connectivity index (χ1v) is 8.13. The molecule has 4 heteroatoms. The molecule has 0 bridgehead atoms. The van der Waals surface area contributed by atoms with Crippen LogP contribution in [0.25, 0.3) is 10.8 Å². The lowest BCUT2D eigenvalue weighted by molar-refractivity contribution is 0.312. The number of aromatic hydroxyl groups is 1. The van der Waals surface area contributed by atoms with Crippen molar-refractivity contribution in [2.24, 2.45) is 4.99 Å². The molecule has 2 aromatic carbocycles. The first kappa shape index (κ1) is 14.7. The number of nitrogens with zero attached hydrogens (tertiary/aromatic N) is 1. The summed E-state index contributed by atoms with van der Waals surface area (Å²) in [4.78, 5) is 16.4. The molecule has 120 valence electrons. The van der Waals surface area contributed by atoms with Crippen LogP contribution >= 0.6 is 0 Å². The zero-order valence-corrected chi connectivity index (χ0v) is 13.2. The Labute approximate surface area is 139 Å². The van der Waals surface area contributed by atoms with Crippen LogP contribution in [0.4, 0.5) is 5.69 Å². The van der Waals surface area contributed by atoms with Gasteiger partial charge in [-0.15, -0.1) is 0 Å². The summed E-state index contributed by atoms with van der Waals surface area (Å²) in [6.45, 7) is 0. The van der Waals surface area contributed by atoms with Gasteiger partial charge in [0.15, 0.2) is 0 Å². The van der Waals surface area contributed by atoms with E-state index in [9.17, 15) is 9.90 Å². The van der Waals surface area contributed by atoms with E-state index in [1.165, 1.54) is 24.0 Å². The van der Waals surface area contributed by atoms with E-state index in [4.69, 9.17) is 4.42 Å². The SMILES string of the molecule is O=c1oc(O)c(C=Nc2cccc3c2CCCC3)c2ccccc12. The van der Waals surface area contributed by atoms with Crippen LogP contribution in [0.2, 0.25) is 0 Å². The Morgan fingerprint density at radius 2 is 1.79 bits per heavy atom. The van der Waals surface area contributed by atoms with Crippen molar-refractivity contribution in [3.05, 3.63) is 69.6 Å². The third-order valence-corrected chi connectivity index (χ3v) is 4.56. The van der Waals surface area contributed by atoms with E-state index in [2.05, 4.69) is 11.1 Å². The molecule has 0 unspecified atom stereocenters. The molecule has 0 aliphatic heterocycles. The zero-order chi connectivity index (χ0) is 16.5. The summed E-state index contributed by atoms with van der Waals surface area (Å²) in [7, 11) is 0. The maximum Gasteiger partial charge on any atom is 0.346 e. The van der Waals surface area contributed by atoms with Gasteiger partial charge in [0, 0.05) is 11.6 Å². The average Bonchev–Trinajstić information content (AvgIpc) is 2.61. The van der Waals surface area contributed by atoms with Gasteiger partial charge in [-0.05, 0) is 48.9 Å². The van der Waals surface area contributed by atoms with E-state index in [-0.39, 0.29) is 0 Å². The first-order valence-electron chi connectivity index (χ1n) is 8.13. The van der Waals surface area contributed by atoms with Crippen LogP contribution in [-0.2, 0) is 12.8 Å². The summed E-state index contributed by atoms with van der Waals surface area (Å²) in [5.41, 5.74) is 3.43. The molecule has 0 atom stereocenters. The molecule has 0 saturated heterocycles. The van der Waals surface area contributed by atoms with Crippen molar-refractivity contribution in [2.75, 3.05) is 0 Å². The number of aliphatic imine (C=N–C) groups is 1. The van der Waals surface area contributed by atoms with Crippen LogP contribution < -0.4 is 5.63 Å². The molecule has 0 radical (unpaired) electrons. The van der Waals surface area contributed by atoms with Gasteiger partial charge >= 0.3 is 5.63 Å². The van der Waals surface area contributed by atoms with E-state index in [0.29, 0.717) is 16.3 Å². The highest BCUT2D eigenvalue weighted by Crippen LogP contribution is 2.30. The van der Waals surface area contributed by atoms with Crippen LogP contribution in [0.1, 0.15) is 29.5 Å². The lowest BCUT2D eigenvalue weighted by atomic mass is 9.90. The van der Waals surface area contributed by atoms with E-state index < -0.39 is 11.6 Å². The average molecular weight is 319 g/mol. The number of hydrogen-bond acceptors (Lipinski definition) is 4. The van der Waals surface area contributed by atoms with Crippen molar-refractivity contribution in [2.45, 2.75) is 25.7 Å². The molecule has 4 nitrogen and oxygen atoms in total. The van der Waals surface area contributed by atoms with E-state index in [1.54, 1.807) is 24.4 Å². The largest absolute Gasteiger partial charge is 0.480 e. The fraction of sp³-hybridized carbons (Fsp3) is 0.200. The summed E-state index contributed by atoms with van der Waals surface area (Å²) >= 11 is 0. The number of aryl methyl sites for hydroxylation is 1. The smallest absolute Gasteiger partial charge is 0.346 e. The zero-order valence-electron chi connectivity index (χ0n) is 13.2. The highest BCUT2D eigenvalue weighted by molar-refractivity contribution is 6.01. The summed E-state index contributed by atoms with van der Waals surface area (Å²) in [5.74, 6) is -0.396. The topological polar surface area (TPSA) is 62.8 Å². The van der Waals surface area contributed by atoms with Gasteiger partial charge in [0.2, 0.25) is 0 Å². The molecule has 0 fully saturated rings. The second kappa shape index (κ2) is 5.96. The molecule has 3 aromatic rings. The maximum atomic E-state index is 11.8. The Morgan fingerprint density at radius 3 is 2.67 bits per heavy atom. The molecule has 0 spiro atoms. The van der Waals surface area contributed by atoms with Gasteiger partial charge in [0.05, 0.1) is 16.6 Å². The summed E-state index contributed by atoms with van der Waals surface area (Å²) in [5, 5.41) is 11.1. The third-order valence-electron chi connectivity index (χ3n) is 4.56. The van der Waals surface area contributed by atoms with Gasteiger partial charge in [0.1, 0.15) is 0 Å². The van der Waals surface area contributed by atoms with E-state index >= 15 is 0 Å². The Hall–Kier alpha value is -2.88. The fourth-order valence-corrected chi connectivity index (χ4v) is 3.35. The van der Waals surface area contributed by atoms with Crippen LogP contribution in [0, 0.1) is 0 Å². The number of fused-ring (bicyclic) bond motifs is 2. The summed E-state index contributed by atoms with van der Waals surface area (Å²) < 4.78 is 4.93.